The third kappa shape index (κ3) is 4.57. The van der Waals surface area contributed by atoms with Gasteiger partial charge in [-0.2, -0.15) is 0 Å². The molecular formula is C14H28N2O. The molecule has 2 aliphatic rings. The molecule has 0 aromatic heterocycles. The summed E-state index contributed by atoms with van der Waals surface area (Å²) in [4.78, 5) is 2.56. The smallest absolute Gasteiger partial charge is 0.0700 e. The fourth-order valence-corrected chi connectivity index (χ4v) is 2.97. The van der Waals surface area contributed by atoms with E-state index in [9.17, 15) is 0 Å². The zero-order valence-corrected chi connectivity index (χ0v) is 11.3. The van der Waals surface area contributed by atoms with Gasteiger partial charge in [-0.25, -0.2) is 0 Å². The second-order valence-electron chi connectivity index (χ2n) is 5.49. The maximum atomic E-state index is 5.69. The van der Waals surface area contributed by atoms with Crippen molar-refractivity contribution in [1.29, 1.82) is 0 Å². The zero-order valence-electron chi connectivity index (χ0n) is 11.3. The quantitative estimate of drug-likeness (QED) is 0.719. The van der Waals surface area contributed by atoms with Crippen molar-refractivity contribution in [2.45, 2.75) is 57.6 Å². The highest BCUT2D eigenvalue weighted by Gasteiger charge is 2.18. The van der Waals surface area contributed by atoms with E-state index in [2.05, 4.69) is 17.1 Å². The predicted molar refractivity (Wildman–Crippen MR) is 71.3 cm³/mol. The van der Waals surface area contributed by atoms with Crippen molar-refractivity contribution in [3.8, 4) is 0 Å². The van der Waals surface area contributed by atoms with Crippen LogP contribution in [0.2, 0.25) is 0 Å². The Morgan fingerprint density at radius 1 is 1.29 bits per heavy atom. The van der Waals surface area contributed by atoms with Crippen LogP contribution in [-0.2, 0) is 4.74 Å². The molecule has 3 heteroatoms. The number of hydrogen-bond acceptors (Lipinski definition) is 3. The van der Waals surface area contributed by atoms with Crippen LogP contribution in [-0.4, -0.2) is 49.8 Å². The molecule has 1 aliphatic carbocycles. The molecule has 1 N–H and O–H groups in total. The number of nitrogens with one attached hydrogen (secondary N) is 1. The number of rotatable bonds is 6. The topological polar surface area (TPSA) is 24.5 Å². The van der Waals surface area contributed by atoms with Gasteiger partial charge >= 0.3 is 0 Å². The summed E-state index contributed by atoms with van der Waals surface area (Å²) in [5.41, 5.74) is 0. The molecule has 0 amide bonds. The molecule has 0 aromatic carbocycles. The molecule has 0 bridgehead atoms. The van der Waals surface area contributed by atoms with E-state index in [-0.39, 0.29) is 0 Å². The Labute approximate surface area is 106 Å². The first-order valence-corrected chi connectivity index (χ1v) is 7.46. The van der Waals surface area contributed by atoms with E-state index in [1.165, 1.54) is 45.2 Å². The summed E-state index contributed by atoms with van der Waals surface area (Å²) < 4.78 is 5.69. The van der Waals surface area contributed by atoms with E-state index in [0.717, 1.165) is 32.2 Å². The molecule has 2 rings (SSSR count). The van der Waals surface area contributed by atoms with Crippen LogP contribution in [0.3, 0.4) is 0 Å². The number of morpholine rings is 1. The summed E-state index contributed by atoms with van der Waals surface area (Å²) in [6, 6.07) is 0.822. The Bertz CT molecular complexity index is 204. The monoisotopic (exact) mass is 240 g/mol. The normalized spacial score (nSPS) is 27.7. The summed E-state index contributed by atoms with van der Waals surface area (Å²) in [5, 5.41) is 3.69. The first-order valence-electron chi connectivity index (χ1n) is 7.46. The lowest BCUT2D eigenvalue weighted by Gasteiger charge is -2.32. The largest absolute Gasteiger partial charge is 0.376 e. The van der Waals surface area contributed by atoms with Crippen molar-refractivity contribution < 1.29 is 4.74 Å². The molecule has 100 valence electrons. The van der Waals surface area contributed by atoms with Gasteiger partial charge in [-0.3, -0.25) is 4.90 Å². The van der Waals surface area contributed by atoms with Gasteiger partial charge in [-0.1, -0.05) is 19.8 Å². The minimum atomic E-state index is 0.478. The van der Waals surface area contributed by atoms with Crippen molar-refractivity contribution in [1.82, 2.24) is 10.2 Å². The van der Waals surface area contributed by atoms with Gasteiger partial charge in [-0.15, -0.1) is 0 Å². The first kappa shape index (κ1) is 13.3. The number of nitrogens with zero attached hydrogens (tertiary/aromatic N) is 1. The zero-order chi connectivity index (χ0) is 11.9. The van der Waals surface area contributed by atoms with Gasteiger partial charge in [0.2, 0.25) is 0 Å². The second kappa shape index (κ2) is 7.34. The summed E-state index contributed by atoms with van der Waals surface area (Å²) in [6.07, 6.45) is 8.57. The van der Waals surface area contributed by atoms with Gasteiger partial charge < -0.3 is 10.1 Å². The van der Waals surface area contributed by atoms with Crippen LogP contribution in [0.4, 0.5) is 0 Å². The molecule has 2 fully saturated rings. The third-order valence-electron chi connectivity index (χ3n) is 4.12. The van der Waals surface area contributed by atoms with Gasteiger partial charge in [0.1, 0.15) is 0 Å². The molecule has 0 spiro atoms. The second-order valence-corrected chi connectivity index (χ2v) is 5.49. The van der Waals surface area contributed by atoms with Crippen LogP contribution < -0.4 is 5.32 Å². The Kier molecular flexibility index (Phi) is 5.75. The summed E-state index contributed by atoms with van der Waals surface area (Å²) >= 11 is 0. The van der Waals surface area contributed by atoms with Gasteiger partial charge in [0.25, 0.3) is 0 Å². The highest BCUT2D eigenvalue weighted by molar-refractivity contribution is 4.74. The van der Waals surface area contributed by atoms with Crippen molar-refractivity contribution >= 4 is 0 Å². The highest BCUT2D eigenvalue weighted by Crippen LogP contribution is 2.17. The third-order valence-corrected chi connectivity index (χ3v) is 4.12. The van der Waals surface area contributed by atoms with E-state index < -0.39 is 0 Å². The van der Waals surface area contributed by atoms with Crippen molar-refractivity contribution in [2.24, 2.45) is 0 Å². The number of hydrogen-bond donors (Lipinski definition) is 1. The lowest BCUT2D eigenvalue weighted by atomic mass is 10.2. The highest BCUT2D eigenvalue weighted by atomic mass is 16.5. The maximum absolute atomic E-state index is 5.69. The lowest BCUT2D eigenvalue weighted by Crippen LogP contribution is -2.43. The summed E-state index contributed by atoms with van der Waals surface area (Å²) in [5.74, 6) is 0. The Balaban J connectivity index is 1.52. The van der Waals surface area contributed by atoms with Crippen molar-refractivity contribution in [3.05, 3.63) is 0 Å². The van der Waals surface area contributed by atoms with E-state index >= 15 is 0 Å². The van der Waals surface area contributed by atoms with Crippen LogP contribution in [0.1, 0.15) is 45.4 Å². The molecule has 1 aliphatic heterocycles. The number of ether oxygens (including phenoxy) is 1. The Morgan fingerprint density at radius 3 is 2.88 bits per heavy atom. The van der Waals surface area contributed by atoms with Gasteiger partial charge in [0.15, 0.2) is 0 Å². The van der Waals surface area contributed by atoms with Gasteiger partial charge in [0, 0.05) is 19.1 Å². The molecule has 17 heavy (non-hydrogen) atoms. The SMILES string of the molecule is CCC1CN(CCCNC2CCCC2)CCO1. The Morgan fingerprint density at radius 2 is 2.12 bits per heavy atom. The van der Waals surface area contributed by atoms with Gasteiger partial charge in [-0.05, 0) is 38.8 Å². The molecule has 1 heterocycles. The Hall–Kier alpha value is -0.120. The fourth-order valence-electron chi connectivity index (χ4n) is 2.97. The predicted octanol–water partition coefficient (Wildman–Crippen LogP) is 2.02. The van der Waals surface area contributed by atoms with E-state index in [1.807, 2.05) is 0 Å². The van der Waals surface area contributed by atoms with Crippen molar-refractivity contribution in [3.63, 3.8) is 0 Å². The van der Waals surface area contributed by atoms with Crippen LogP contribution in [0.5, 0.6) is 0 Å². The standard InChI is InChI=1S/C14H28N2O/c1-2-14-12-16(10-11-17-14)9-5-8-15-13-6-3-4-7-13/h13-15H,2-12H2,1H3. The molecule has 3 nitrogen and oxygen atoms in total. The lowest BCUT2D eigenvalue weighted by molar-refractivity contribution is -0.0298. The van der Waals surface area contributed by atoms with E-state index in [4.69, 9.17) is 4.74 Å². The molecule has 1 atom stereocenters. The van der Waals surface area contributed by atoms with Gasteiger partial charge in [0.05, 0.1) is 12.7 Å². The fraction of sp³-hybridized carbons (Fsp3) is 1.00. The molecular weight excluding hydrogens is 212 g/mol. The summed E-state index contributed by atoms with van der Waals surface area (Å²) in [6.45, 7) is 7.84. The van der Waals surface area contributed by atoms with Crippen LogP contribution >= 0.6 is 0 Å². The van der Waals surface area contributed by atoms with E-state index in [1.54, 1.807) is 0 Å². The van der Waals surface area contributed by atoms with Crippen molar-refractivity contribution in [2.75, 3.05) is 32.8 Å². The van der Waals surface area contributed by atoms with Crippen LogP contribution in [0.15, 0.2) is 0 Å². The summed E-state index contributed by atoms with van der Waals surface area (Å²) in [7, 11) is 0. The molecule has 1 saturated heterocycles. The molecule has 1 saturated carbocycles. The maximum Gasteiger partial charge on any atom is 0.0700 e. The molecule has 1 unspecified atom stereocenters. The first-order chi connectivity index (χ1) is 8.38. The minimum absolute atomic E-state index is 0.478. The molecule has 0 aromatic rings. The average Bonchev–Trinajstić information content (AvgIpc) is 2.88. The minimum Gasteiger partial charge on any atom is -0.376 e. The molecule has 0 radical (unpaired) electrons. The average molecular weight is 240 g/mol. The van der Waals surface area contributed by atoms with Crippen LogP contribution in [0.25, 0.3) is 0 Å². The van der Waals surface area contributed by atoms with Crippen LogP contribution in [0, 0.1) is 0 Å². The van der Waals surface area contributed by atoms with E-state index in [0.29, 0.717) is 6.10 Å².